The number of carbonyl (C=O) groups excluding carboxylic acids is 2. The first-order chi connectivity index (χ1) is 21.9. The van der Waals surface area contributed by atoms with Gasteiger partial charge in [-0.2, -0.15) is 0 Å². The molecule has 0 saturated heterocycles. The number of amides is 2. The van der Waals surface area contributed by atoms with Crippen molar-refractivity contribution >= 4 is 29.5 Å². The maximum atomic E-state index is 14.7. The number of para-hydroxylation sites is 1. The second kappa shape index (κ2) is 14.8. The highest BCUT2D eigenvalue weighted by Crippen LogP contribution is 2.43. The smallest absolute Gasteiger partial charge is 0.305 e. The number of aliphatic hydroxyl groups is 2. The van der Waals surface area contributed by atoms with Crippen LogP contribution in [0.2, 0.25) is 0 Å². The van der Waals surface area contributed by atoms with Gasteiger partial charge in [-0.3, -0.25) is 19.3 Å². The third kappa shape index (κ3) is 7.92. The quantitative estimate of drug-likeness (QED) is 0.155. The molecule has 0 bridgehead atoms. The number of anilines is 1. The van der Waals surface area contributed by atoms with E-state index in [0.717, 1.165) is 0 Å². The zero-order valence-corrected chi connectivity index (χ0v) is 25.3. The Kier molecular flexibility index (Phi) is 10.8. The normalized spacial score (nSPS) is 12.8. The van der Waals surface area contributed by atoms with Gasteiger partial charge in [0.05, 0.1) is 18.6 Å². The third-order valence-electron chi connectivity index (χ3n) is 7.26. The van der Waals surface area contributed by atoms with Crippen molar-refractivity contribution in [1.29, 1.82) is 0 Å². The summed E-state index contributed by atoms with van der Waals surface area (Å²) in [6, 6.07) is 19.1. The van der Waals surface area contributed by atoms with Gasteiger partial charge in [0.1, 0.15) is 23.9 Å². The van der Waals surface area contributed by atoms with Crippen LogP contribution in [-0.2, 0) is 9.59 Å². The number of rotatable bonds is 13. The zero-order chi connectivity index (χ0) is 33.5. The van der Waals surface area contributed by atoms with Crippen molar-refractivity contribution in [1.82, 2.24) is 4.57 Å². The lowest BCUT2D eigenvalue weighted by atomic mass is 9.94. The van der Waals surface area contributed by atoms with Crippen molar-refractivity contribution in [3.05, 3.63) is 108 Å². The van der Waals surface area contributed by atoms with Crippen LogP contribution in [0.3, 0.4) is 0 Å². The molecule has 4 rings (SSSR count). The van der Waals surface area contributed by atoms with Gasteiger partial charge in [-0.05, 0) is 67.4 Å². The lowest BCUT2D eigenvalue weighted by Gasteiger charge is -2.24. The Hall–Kier alpha value is -5.13. The molecule has 46 heavy (non-hydrogen) atoms. The van der Waals surface area contributed by atoms with Crippen molar-refractivity contribution in [3.63, 3.8) is 0 Å². The third-order valence-corrected chi connectivity index (χ3v) is 7.26. The van der Waals surface area contributed by atoms with E-state index in [2.05, 4.69) is 0 Å². The molecule has 9 nitrogen and oxygen atoms in total. The predicted molar refractivity (Wildman–Crippen MR) is 171 cm³/mol. The number of carboxylic acid groups (broad SMARTS) is 1. The second-order valence-electron chi connectivity index (χ2n) is 11.1. The van der Waals surface area contributed by atoms with Gasteiger partial charge >= 0.3 is 5.97 Å². The van der Waals surface area contributed by atoms with Gasteiger partial charge in [0.15, 0.2) is 0 Å². The molecular weight excluding hydrogens is 596 g/mol. The van der Waals surface area contributed by atoms with Gasteiger partial charge < -0.3 is 25.6 Å². The molecule has 2 amide bonds. The first-order valence-corrected chi connectivity index (χ1v) is 14.6. The Morgan fingerprint density at radius 3 is 1.91 bits per heavy atom. The number of primary amides is 1. The number of hydrogen-bond acceptors (Lipinski definition) is 5. The van der Waals surface area contributed by atoms with E-state index in [4.69, 9.17) is 10.8 Å². The number of carbonyl (C=O) groups is 3. The molecule has 0 radical (unpaired) electrons. The number of aromatic nitrogens is 1. The molecule has 5 N–H and O–H groups in total. The van der Waals surface area contributed by atoms with Crippen LogP contribution in [-0.4, -0.2) is 56.4 Å². The first kappa shape index (κ1) is 33.8. The summed E-state index contributed by atoms with van der Waals surface area (Å²) in [5, 5.41) is 29.8. The van der Waals surface area contributed by atoms with Gasteiger partial charge in [0.2, 0.25) is 5.91 Å². The maximum absolute atomic E-state index is 14.7. The Morgan fingerprint density at radius 1 is 0.870 bits per heavy atom. The van der Waals surface area contributed by atoms with Crippen LogP contribution in [0.1, 0.15) is 48.9 Å². The van der Waals surface area contributed by atoms with E-state index >= 15 is 0 Å². The minimum Gasteiger partial charge on any atom is -0.481 e. The molecular formula is C35H35F2N3O6. The van der Waals surface area contributed by atoms with Crippen molar-refractivity contribution in [2.24, 2.45) is 5.73 Å². The molecule has 0 aliphatic heterocycles. The van der Waals surface area contributed by atoms with E-state index in [-0.39, 0.29) is 12.1 Å². The second-order valence-corrected chi connectivity index (χ2v) is 11.1. The summed E-state index contributed by atoms with van der Waals surface area (Å²) in [7, 11) is 0. The van der Waals surface area contributed by atoms with Gasteiger partial charge in [0, 0.05) is 35.0 Å². The van der Waals surface area contributed by atoms with E-state index in [1.807, 2.05) is 13.8 Å². The van der Waals surface area contributed by atoms with Crippen LogP contribution >= 0.6 is 0 Å². The largest absolute Gasteiger partial charge is 0.481 e. The summed E-state index contributed by atoms with van der Waals surface area (Å²) < 4.78 is 30.0. The summed E-state index contributed by atoms with van der Waals surface area (Å²) in [5.41, 5.74) is 8.26. The Balaban J connectivity index is 2.06. The molecule has 4 aromatic rings. The van der Waals surface area contributed by atoms with Crippen molar-refractivity contribution in [2.45, 2.75) is 44.9 Å². The van der Waals surface area contributed by atoms with E-state index in [9.17, 15) is 33.4 Å². The average molecular weight is 632 g/mol. The fourth-order valence-corrected chi connectivity index (χ4v) is 5.34. The molecule has 3 aromatic carbocycles. The zero-order valence-electron chi connectivity index (χ0n) is 25.3. The number of hydrogen-bond donors (Lipinski definition) is 4. The number of aliphatic hydroxyl groups excluding tert-OH is 2. The van der Waals surface area contributed by atoms with E-state index < -0.39 is 60.6 Å². The summed E-state index contributed by atoms with van der Waals surface area (Å²) in [6.45, 7) is 3.20. The topological polar surface area (TPSA) is 146 Å². The number of nitrogens with zero attached hydrogens (tertiary/aromatic N) is 2. The molecule has 1 heterocycles. The molecule has 2 unspecified atom stereocenters. The maximum Gasteiger partial charge on any atom is 0.305 e. The van der Waals surface area contributed by atoms with Gasteiger partial charge in [-0.1, -0.05) is 48.5 Å². The van der Waals surface area contributed by atoms with Gasteiger partial charge in [-0.15, -0.1) is 0 Å². The lowest BCUT2D eigenvalue weighted by Crippen LogP contribution is -2.40. The SMILES string of the molecule is CC(C)n1c(C=CC(O)CC(O)CC(=O)O)c(-c2ccc(F)cc2)c(-c2ccc(F)cc2)c1C(=O)N(CC(N)=O)c1ccccc1. The average Bonchev–Trinajstić information content (AvgIpc) is 3.34. The molecule has 0 fully saturated rings. The van der Waals surface area contributed by atoms with Crippen LogP contribution in [0, 0.1) is 11.6 Å². The fraction of sp³-hybridized carbons (Fsp3) is 0.229. The summed E-state index contributed by atoms with van der Waals surface area (Å²) >= 11 is 0. The number of halogens is 2. The molecule has 240 valence electrons. The Labute approximate surface area is 264 Å². The minimum atomic E-state index is -1.31. The monoisotopic (exact) mass is 631 g/mol. The van der Waals surface area contributed by atoms with Crippen LogP contribution in [0.5, 0.6) is 0 Å². The van der Waals surface area contributed by atoms with Gasteiger partial charge in [0.25, 0.3) is 5.91 Å². The number of carboxylic acids is 1. The van der Waals surface area contributed by atoms with Crippen LogP contribution in [0.4, 0.5) is 14.5 Å². The first-order valence-electron chi connectivity index (χ1n) is 14.6. The van der Waals surface area contributed by atoms with Crippen molar-refractivity contribution in [3.8, 4) is 22.3 Å². The molecule has 2 atom stereocenters. The minimum absolute atomic E-state index is 0.117. The summed E-state index contributed by atoms with van der Waals surface area (Å²) in [4.78, 5) is 39.2. The van der Waals surface area contributed by atoms with Crippen molar-refractivity contribution in [2.75, 3.05) is 11.4 Å². The number of aliphatic carboxylic acids is 1. The predicted octanol–water partition coefficient (Wildman–Crippen LogP) is 5.41. The van der Waals surface area contributed by atoms with Crippen LogP contribution in [0.25, 0.3) is 28.3 Å². The van der Waals surface area contributed by atoms with Crippen molar-refractivity contribution < 1.29 is 38.5 Å². The number of benzene rings is 3. The van der Waals surface area contributed by atoms with E-state index in [1.54, 1.807) is 41.0 Å². The molecule has 0 aliphatic carbocycles. The molecule has 0 saturated carbocycles. The fourth-order valence-electron chi connectivity index (χ4n) is 5.34. The Bertz CT molecular complexity index is 1720. The highest BCUT2D eigenvalue weighted by atomic mass is 19.1. The highest BCUT2D eigenvalue weighted by molar-refractivity contribution is 6.14. The summed E-state index contributed by atoms with van der Waals surface area (Å²) in [6.07, 6.45) is -0.500. The highest BCUT2D eigenvalue weighted by Gasteiger charge is 2.33. The van der Waals surface area contributed by atoms with Crippen LogP contribution in [0.15, 0.2) is 84.9 Å². The standard InChI is InChI=1S/C35H35F2N3O6/c1-21(2)40-29(17-16-27(41)18-28(42)19-31(44)45)32(22-8-12-24(36)13-9-22)33(23-10-14-25(37)15-11-23)34(40)35(46)39(20-30(38)43)26-6-4-3-5-7-26/h3-17,21,27-28,41-42H,18-20H2,1-2H3,(H2,38,43)(H,44,45). The number of nitrogens with two attached hydrogens (primary N) is 1. The molecule has 0 aliphatic rings. The molecule has 11 heteroatoms. The van der Waals surface area contributed by atoms with E-state index in [1.165, 1.54) is 59.5 Å². The Morgan fingerprint density at radius 2 is 1.41 bits per heavy atom. The van der Waals surface area contributed by atoms with Crippen LogP contribution < -0.4 is 10.6 Å². The van der Waals surface area contributed by atoms with E-state index in [0.29, 0.717) is 33.6 Å². The van der Waals surface area contributed by atoms with Gasteiger partial charge in [-0.25, -0.2) is 8.78 Å². The molecule has 1 aromatic heterocycles. The molecule has 0 spiro atoms. The lowest BCUT2D eigenvalue weighted by molar-refractivity contribution is -0.139. The summed E-state index contributed by atoms with van der Waals surface area (Å²) in [5.74, 6) is -3.58.